The van der Waals surface area contributed by atoms with Crippen LogP contribution in [0.1, 0.15) is 41.8 Å². The SMILES string of the molecule is CC1=CCCc2c(OC(C(=O)O)n3cc(Cc4ccccc4-n4ccnc4)cn3)cccc21. The highest BCUT2D eigenvalue weighted by atomic mass is 16.5. The number of para-hydroxylation sites is 1. The van der Waals surface area contributed by atoms with E-state index < -0.39 is 12.2 Å². The smallest absolute Gasteiger partial charge is 0.368 e. The van der Waals surface area contributed by atoms with E-state index in [4.69, 9.17) is 4.74 Å². The van der Waals surface area contributed by atoms with Gasteiger partial charge in [-0.25, -0.2) is 14.5 Å². The molecule has 2 heterocycles. The number of carboxylic acids is 1. The summed E-state index contributed by atoms with van der Waals surface area (Å²) >= 11 is 0. The Balaban J connectivity index is 1.41. The van der Waals surface area contributed by atoms with Crippen LogP contribution in [-0.2, 0) is 17.6 Å². The summed E-state index contributed by atoms with van der Waals surface area (Å²) in [6.45, 7) is 2.07. The normalized spacial score (nSPS) is 13.8. The molecule has 5 rings (SSSR count). The Hall–Kier alpha value is -4.13. The summed E-state index contributed by atoms with van der Waals surface area (Å²) in [5.41, 5.74) is 6.35. The lowest BCUT2D eigenvalue weighted by atomic mass is 9.91. The van der Waals surface area contributed by atoms with E-state index in [2.05, 4.69) is 23.1 Å². The molecule has 2 aromatic heterocycles. The third kappa shape index (κ3) is 4.17. The van der Waals surface area contributed by atoms with Crippen molar-refractivity contribution >= 4 is 11.5 Å². The first-order valence-electron chi connectivity index (χ1n) is 10.9. The predicted octanol–water partition coefficient (Wildman–Crippen LogP) is 4.67. The molecule has 0 aliphatic heterocycles. The molecule has 4 aromatic rings. The van der Waals surface area contributed by atoms with Crippen LogP contribution in [0, 0.1) is 0 Å². The number of allylic oxidation sites excluding steroid dienone is 2. The van der Waals surface area contributed by atoms with Gasteiger partial charge in [0.25, 0.3) is 6.23 Å². The molecule has 166 valence electrons. The van der Waals surface area contributed by atoms with Gasteiger partial charge in [0.05, 0.1) is 12.5 Å². The lowest BCUT2D eigenvalue weighted by Crippen LogP contribution is -2.26. The zero-order valence-corrected chi connectivity index (χ0v) is 18.3. The van der Waals surface area contributed by atoms with Crippen molar-refractivity contribution < 1.29 is 14.6 Å². The molecule has 1 N–H and O–H groups in total. The molecule has 0 saturated carbocycles. The standard InChI is InChI=1S/C26H24N4O3/c1-18-6-4-9-22-21(18)8-5-11-24(22)33-25(26(31)32)30-16-19(15-28-30)14-20-7-2-3-10-23(20)29-13-12-27-17-29/h2-3,5-8,10-13,15-17,25H,4,9,14H2,1H3,(H,31,32). The van der Waals surface area contributed by atoms with Gasteiger partial charge in [0.2, 0.25) is 0 Å². The van der Waals surface area contributed by atoms with E-state index in [-0.39, 0.29) is 0 Å². The van der Waals surface area contributed by atoms with Crippen molar-refractivity contribution in [3.05, 3.63) is 102 Å². The van der Waals surface area contributed by atoms with Crippen molar-refractivity contribution in [1.29, 1.82) is 0 Å². The fraction of sp³-hybridized carbons (Fsp3) is 0.192. The molecule has 1 unspecified atom stereocenters. The van der Waals surface area contributed by atoms with Gasteiger partial charge in [-0.2, -0.15) is 5.10 Å². The number of aromatic nitrogens is 4. The van der Waals surface area contributed by atoms with Crippen LogP contribution in [0.2, 0.25) is 0 Å². The van der Waals surface area contributed by atoms with Crippen LogP contribution in [0.3, 0.4) is 0 Å². The molecule has 7 heteroatoms. The van der Waals surface area contributed by atoms with Crippen molar-refractivity contribution in [2.45, 2.75) is 32.4 Å². The summed E-state index contributed by atoms with van der Waals surface area (Å²) in [4.78, 5) is 16.2. The Kier molecular flexibility index (Phi) is 5.52. The minimum atomic E-state index is -1.25. The lowest BCUT2D eigenvalue weighted by Gasteiger charge is -2.22. The highest BCUT2D eigenvalue weighted by molar-refractivity contribution is 5.72. The van der Waals surface area contributed by atoms with Crippen LogP contribution in [0.5, 0.6) is 5.75 Å². The average molecular weight is 441 g/mol. The van der Waals surface area contributed by atoms with Gasteiger partial charge in [0, 0.05) is 36.3 Å². The van der Waals surface area contributed by atoms with Crippen LogP contribution in [0.4, 0.5) is 0 Å². The first kappa shape index (κ1) is 20.8. The van der Waals surface area contributed by atoms with Crippen molar-refractivity contribution in [3.8, 4) is 11.4 Å². The molecule has 7 nitrogen and oxygen atoms in total. The van der Waals surface area contributed by atoms with Gasteiger partial charge in [0.15, 0.2) is 0 Å². The van der Waals surface area contributed by atoms with Crippen molar-refractivity contribution in [2.75, 3.05) is 0 Å². The molecule has 0 radical (unpaired) electrons. The van der Waals surface area contributed by atoms with Crippen LogP contribution in [0.25, 0.3) is 11.3 Å². The van der Waals surface area contributed by atoms with E-state index >= 15 is 0 Å². The van der Waals surface area contributed by atoms with E-state index in [1.165, 1.54) is 10.3 Å². The minimum Gasteiger partial charge on any atom is -0.477 e. The second-order valence-corrected chi connectivity index (χ2v) is 8.12. The van der Waals surface area contributed by atoms with Gasteiger partial charge < -0.3 is 14.4 Å². The second kappa shape index (κ2) is 8.78. The van der Waals surface area contributed by atoms with Gasteiger partial charge in [-0.3, -0.25) is 0 Å². The van der Waals surface area contributed by atoms with Crippen LogP contribution in [0.15, 0.2) is 79.7 Å². The molecule has 33 heavy (non-hydrogen) atoms. The number of ether oxygens (including phenoxy) is 1. The van der Waals surface area contributed by atoms with Crippen LogP contribution >= 0.6 is 0 Å². The summed E-state index contributed by atoms with van der Waals surface area (Å²) in [5.74, 6) is -0.501. The Morgan fingerprint density at radius 3 is 2.91 bits per heavy atom. The maximum Gasteiger partial charge on any atom is 0.368 e. The van der Waals surface area contributed by atoms with E-state index in [0.29, 0.717) is 12.2 Å². The fourth-order valence-electron chi connectivity index (χ4n) is 4.31. The average Bonchev–Trinajstić information content (AvgIpc) is 3.51. The highest BCUT2D eigenvalue weighted by Crippen LogP contribution is 2.34. The Morgan fingerprint density at radius 1 is 1.21 bits per heavy atom. The van der Waals surface area contributed by atoms with E-state index in [1.807, 2.05) is 53.2 Å². The molecule has 0 amide bonds. The highest BCUT2D eigenvalue weighted by Gasteiger charge is 2.25. The number of rotatable bonds is 7. The monoisotopic (exact) mass is 440 g/mol. The number of nitrogens with zero attached hydrogens (tertiary/aromatic N) is 4. The van der Waals surface area contributed by atoms with E-state index in [0.717, 1.165) is 40.8 Å². The number of benzene rings is 2. The summed E-state index contributed by atoms with van der Waals surface area (Å²) < 4.78 is 9.35. The Bertz CT molecular complexity index is 1320. The van der Waals surface area contributed by atoms with E-state index in [1.54, 1.807) is 24.9 Å². The molecule has 0 bridgehead atoms. The first-order valence-corrected chi connectivity index (χ1v) is 10.9. The summed E-state index contributed by atoms with van der Waals surface area (Å²) in [7, 11) is 0. The molecular weight excluding hydrogens is 416 g/mol. The first-order chi connectivity index (χ1) is 16.1. The number of carboxylic acid groups (broad SMARTS) is 1. The quantitative estimate of drug-likeness (QED) is 0.452. The summed E-state index contributed by atoms with van der Waals surface area (Å²) in [6, 6.07) is 13.8. The third-order valence-corrected chi connectivity index (χ3v) is 5.92. The molecule has 0 spiro atoms. The summed E-state index contributed by atoms with van der Waals surface area (Å²) in [5, 5.41) is 14.2. The van der Waals surface area contributed by atoms with Gasteiger partial charge in [0.1, 0.15) is 5.75 Å². The predicted molar refractivity (Wildman–Crippen MR) is 124 cm³/mol. The van der Waals surface area contributed by atoms with Gasteiger partial charge in [-0.1, -0.05) is 36.4 Å². The molecule has 1 aliphatic carbocycles. The van der Waals surface area contributed by atoms with Gasteiger partial charge in [-0.05, 0) is 54.2 Å². The zero-order chi connectivity index (χ0) is 22.8. The van der Waals surface area contributed by atoms with Crippen LogP contribution < -0.4 is 4.74 Å². The third-order valence-electron chi connectivity index (χ3n) is 5.92. The minimum absolute atomic E-state index is 0.592. The van der Waals surface area contributed by atoms with Crippen LogP contribution in [-0.4, -0.2) is 30.4 Å². The Morgan fingerprint density at radius 2 is 2.09 bits per heavy atom. The van der Waals surface area contributed by atoms with Crippen molar-refractivity contribution in [2.24, 2.45) is 0 Å². The Labute approximate surface area is 191 Å². The number of hydrogen-bond acceptors (Lipinski definition) is 4. The molecule has 0 saturated heterocycles. The maximum atomic E-state index is 12.1. The van der Waals surface area contributed by atoms with Crippen molar-refractivity contribution in [1.82, 2.24) is 19.3 Å². The topological polar surface area (TPSA) is 82.2 Å². The number of imidazole rings is 1. The molecule has 1 aliphatic rings. The molecule has 2 aromatic carbocycles. The number of hydrogen-bond donors (Lipinski definition) is 1. The molecule has 0 fully saturated rings. The zero-order valence-electron chi connectivity index (χ0n) is 18.3. The van der Waals surface area contributed by atoms with Crippen molar-refractivity contribution in [3.63, 3.8) is 0 Å². The maximum absolute atomic E-state index is 12.1. The second-order valence-electron chi connectivity index (χ2n) is 8.12. The molecular formula is C26H24N4O3. The van der Waals surface area contributed by atoms with Gasteiger partial charge in [-0.15, -0.1) is 0 Å². The number of fused-ring (bicyclic) bond motifs is 1. The van der Waals surface area contributed by atoms with Gasteiger partial charge >= 0.3 is 5.97 Å². The number of carbonyl (C=O) groups is 1. The largest absolute Gasteiger partial charge is 0.477 e. The number of aliphatic carboxylic acids is 1. The lowest BCUT2D eigenvalue weighted by molar-refractivity contribution is -0.150. The molecule has 1 atom stereocenters. The fourth-order valence-corrected chi connectivity index (χ4v) is 4.31. The van der Waals surface area contributed by atoms with E-state index in [9.17, 15) is 9.90 Å². The summed E-state index contributed by atoms with van der Waals surface area (Å²) in [6.07, 6.45) is 12.1.